The number of aryl methyl sites for hydroxylation is 1. The highest BCUT2D eigenvalue weighted by Crippen LogP contribution is 2.30. The van der Waals surface area contributed by atoms with Crippen LogP contribution in [0.1, 0.15) is 41.4 Å². The summed E-state index contributed by atoms with van der Waals surface area (Å²) in [6.45, 7) is 2.71. The topological polar surface area (TPSA) is 99.7 Å². The molecule has 0 radical (unpaired) electrons. The van der Waals surface area contributed by atoms with Crippen LogP contribution in [0.5, 0.6) is 11.8 Å². The smallest absolute Gasteiger partial charge is 0.260 e. The summed E-state index contributed by atoms with van der Waals surface area (Å²) in [5.41, 5.74) is 1.25. The summed E-state index contributed by atoms with van der Waals surface area (Å²) < 4.78 is 14.4. The third-order valence-corrected chi connectivity index (χ3v) is 5.39. The average molecular weight is 383 g/mol. The second-order valence-corrected chi connectivity index (χ2v) is 7.06. The van der Waals surface area contributed by atoms with Crippen LogP contribution in [0.25, 0.3) is 5.65 Å². The number of nitrogens with zero attached hydrogens (tertiary/aromatic N) is 7. The maximum Gasteiger partial charge on any atom is 0.260 e. The number of hydrogen-bond donors (Lipinski definition) is 0. The summed E-state index contributed by atoms with van der Waals surface area (Å²) in [5.74, 6) is 2.10. The zero-order valence-corrected chi connectivity index (χ0v) is 15.6. The van der Waals surface area contributed by atoms with E-state index in [1.165, 1.54) is 0 Å². The summed E-state index contributed by atoms with van der Waals surface area (Å²) in [5, 5.41) is 17.2. The number of likely N-dealkylation sites (tertiary alicyclic amines) is 1. The molecule has 0 unspecified atom stereocenters. The number of ether oxygens (including phenoxy) is 2. The third-order valence-electron chi connectivity index (χ3n) is 5.39. The second-order valence-electron chi connectivity index (χ2n) is 7.06. The summed E-state index contributed by atoms with van der Waals surface area (Å²) in [6, 6.07) is 3.61. The number of fused-ring (bicyclic) bond motifs is 2. The molecule has 5 heterocycles. The van der Waals surface area contributed by atoms with Crippen LogP contribution in [0, 0.1) is 0 Å². The lowest BCUT2D eigenvalue weighted by atomic mass is 9.95. The van der Waals surface area contributed by atoms with Gasteiger partial charge in [0.15, 0.2) is 11.5 Å². The van der Waals surface area contributed by atoms with E-state index >= 15 is 0 Å². The Morgan fingerprint density at radius 2 is 2.07 bits per heavy atom. The molecule has 0 saturated carbocycles. The maximum atomic E-state index is 13.0. The van der Waals surface area contributed by atoms with E-state index in [0.29, 0.717) is 42.7 Å². The number of carbonyl (C=O) groups is 1. The predicted octanol–water partition coefficient (Wildman–Crippen LogP) is 1.13. The number of hydrogen-bond acceptors (Lipinski definition) is 7. The molecule has 0 N–H and O–H groups in total. The molecule has 1 saturated heterocycles. The van der Waals surface area contributed by atoms with E-state index in [-0.39, 0.29) is 11.8 Å². The molecule has 28 heavy (non-hydrogen) atoms. The van der Waals surface area contributed by atoms with Crippen LogP contribution >= 0.6 is 0 Å². The van der Waals surface area contributed by atoms with Crippen molar-refractivity contribution in [2.45, 2.75) is 31.7 Å². The van der Waals surface area contributed by atoms with Crippen molar-refractivity contribution in [2.75, 3.05) is 26.8 Å². The van der Waals surface area contributed by atoms with Gasteiger partial charge < -0.3 is 14.4 Å². The Hall–Kier alpha value is -3.17. The van der Waals surface area contributed by atoms with Crippen molar-refractivity contribution in [3.63, 3.8) is 0 Å². The van der Waals surface area contributed by atoms with Gasteiger partial charge in [-0.2, -0.15) is 9.61 Å². The molecule has 1 amide bonds. The molecule has 5 rings (SSSR count). The molecule has 10 heteroatoms. The molecule has 10 nitrogen and oxygen atoms in total. The van der Waals surface area contributed by atoms with E-state index in [9.17, 15) is 4.79 Å². The molecule has 3 aromatic rings. The van der Waals surface area contributed by atoms with Gasteiger partial charge in [-0.15, -0.1) is 15.3 Å². The van der Waals surface area contributed by atoms with Crippen LogP contribution in [0.15, 0.2) is 18.3 Å². The van der Waals surface area contributed by atoms with E-state index in [0.717, 1.165) is 31.6 Å². The van der Waals surface area contributed by atoms with Gasteiger partial charge in [0.1, 0.15) is 5.56 Å². The van der Waals surface area contributed by atoms with Gasteiger partial charge in [-0.05, 0) is 18.9 Å². The fourth-order valence-corrected chi connectivity index (χ4v) is 3.88. The van der Waals surface area contributed by atoms with E-state index in [1.807, 2.05) is 11.0 Å². The van der Waals surface area contributed by atoms with Gasteiger partial charge in [0, 0.05) is 38.0 Å². The largest absolute Gasteiger partial charge is 0.480 e. The average Bonchev–Trinajstić information content (AvgIpc) is 3.37. The highest BCUT2D eigenvalue weighted by molar-refractivity contribution is 5.96. The highest BCUT2D eigenvalue weighted by atomic mass is 16.5. The first kappa shape index (κ1) is 17.0. The molecular formula is C18H21N7O3. The molecule has 2 aliphatic heterocycles. The van der Waals surface area contributed by atoms with Crippen molar-refractivity contribution < 1.29 is 14.3 Å². The van der Waals surface area contributed by atoms with E-state index in [4.69, 9.17) is 9.47 Å². The van der Waals surface area contributed by atoms with Crippen LogP contribution < -0.4 is 9.47 Å². The second kappa shape index (κ2) is 6.77. The standard InChI is InChI=1S/C18H21N7O3/c1-27-15-4-3-14-20-21-16(25(14)22-15)12-5-8-23(9-6-12)17(26)13-11-19-24-7-2-10-28-18(13)24/h3-4,11-12H,2,5-10H2,1H3. The quantitative estimate of drug-likeness (QED) is 0.668. The van der Waals surface area contributed by atoms with E-state index in [1.54, 1.807) is 28.6 Å². The lowest BCUT2D eigenvalue weighted by Crippen LogP contribution is -2.38. The van der Waals surface area contributed by atoms with Gasteiger partial charge in [-0.1, -0.05) is 0 Å². The predicted molar refractivity (Wildman–Crippen MR) is 97.6 cm³/mol. The number of amides is 1. The maximum absolute atomic E-state index is 13.0. The van der Waals surface area contributed by atoms with Crippen LogP contribution in [0.3, 0.4) is 0 Å². The minimum Gasteiger partial charge on any atom is -0.480 e. The van der Waals surface area contributed by atoms with Crippen molar-refractivity contribution >= 4 is 11.6 Å². The Kier molecular flexibility index (Phi) is 4.10. The normalized spacial score (nSPS) is 17.4. The van der Waals surface area contributed by atoms with Crippen LogP contribution in [-0.4, -0.2) is 67.2 Å². The number of aromatic nitrogens is 6. The van der Waals surface area contributed by atoms with Crippen molar-refractivity contribution in [1.82, 2.24) is 34.5 Å². The first-order valence-corrected chi connectivity index (χ1v) is 9.49. The number of carbonyl (C=O) groups excluding carboxylic acids is 1. The fraction of sp³-hybridized carbons (Fsp3) is 0.500. The molecule has 0 aromatic carbocycles. The summed E-state index contributed by atoms with van der Waals surface area (Å²) in [7, 11) is 1.58. The number of methoxy groups -OCH3 is 1. The van der Waals surface area contributed by atoms with Crippen LogP contribution in [0.4, 0.5) is 0 Å². The molecule has 0 aliphatic carbocycles. The van der Waals surface area contributed by atoms with E-state index in [2.05, 4.69) is 20.4 Å². The Labute approximate surface area is 161 Å². The number of rotatable bonds is 3. The fourth-order valence-electron chi connectivity index (χ4n) is 3.88. The van der Waals surface area contributed by atoms with Crippen molar-refractivity contribution in [3.05, 3.63) is 29.7 Å². The molecule has 2 aliphatic rings. The Morgan fingerprint density at radius 1 is 1.21 bits per heavy atom. The first-order valence-electron chi connectivity index (χ1n) is 9.49. The van der Waals surface area contributed by atoms with Crippen molar-refractivity contribution in [1.29, 1.82) is 0 Å². The van der Waals surface area contributed by atoms with Crippen LogP contribution in [-0.2, 0) is 6.54 Å². The molecule has 0 atom stereocenters. The summed E-state index contributed by atoms with van der Waals surface area (Å²) >= 11 is 0. The van der Waals surface area contributed by atoms with Gasteiger partial charge in [0.2, 0.25) is 11.8 Å². The molecule has 146 valence electrons. The number of piperidine rings is 1. The first-order chi connectivity index (χ1) is 13.7. The van der Waals surface area contributed by atoms with E-state index < -0.39 is 0 Å². The zero-order chi connectivity index (χ0) is 19.1. The SMILES string of the molecule is COc1ccc2nnc(C3CCN(C(=O)c4cnn5c4OCCC5)CC3)n2n1. The minimum atomic E-state index is -0.0208. The molecule has 3 aromatic heterocycles. The Morgan fingerprint density at radius 3 is 2.89 bits per heavy atom. The van der Waals surface area contributed by atoms with Gasteiger partial charge in [0.25, 0.3) is 5.91 Å². The zero-order valence-electron chi connectivity index (χ0n) is 15.6. The monoisotopic (exact) mass is 383 g/mol. The molecule has 1 fully saturated rings. The lowest BCUT2D eigenvalue weighted by Gasteiger charge is -2.31. The molecule has 0 bridgehead atoms. The summed E-state index contributed by atoms with van der Waals surface area (Å²) in [4.78, 5) is 14.8. The van der Waals surface area contributed by atoms with Gasteiger partial charge in [0.05, 0.1) is 19.9 Å². The van der Waals surface area contributed by atoms with Crippen LogP contribution in [0.2, 0.25) is 0 Å². The van der Waals surface area contributed by atoms with Gasteiger partial charge in [-0.3, -0.25) is 4.79 Å². The molecular weight excluding hydrogens is 362 g/mol. The lowest BCUT2D eigenvalue weighted by molar-refractivity contribution is 0.0704. The van der Waals surface area contributed by atoms with Crippen molar-refractivity contribution in [2.24, 2.45) is 0 Å². The highest BCUT2D eigenvalue weighted by Gasteiger charge is 2.31. The third kappa shape index (κ3) is 2.76. The molecule has 0 spiro atoms. The Bertz CT molecular complexity index is 1020. The van der Waals surface area contributed by atoms with Gasteiger partial charge in [-0.25, -0.2) is 4.68 Å². The minimum absolute atomic E-state index is 0.0208. The summed E-state index contributed by atoms with van der Waals surface area (Å²) in [6.07, 6.45) is 4.14. The van der Waals surface area contributed by atoms with Gasteiger partial charge >= 0.3 is 0 Å². The Balaban J connectivity index is 1.31. The van der Waals surface area contributed by atoms with Crippen molar-refractivity contribution in [3.8, 4) is 11.8 Å².